The van der Waals surface area contributed by atoms with Crippen molar-refractivity contribution in [3.63, 3.8) is 0 Å². The van der Waals surface area contributed by atoms with Crippen molar-refractivity contribution in [3.8, 4) is 0 Å². The van der Waals surface area contributed by atoms with Crippen LogP contribution >= 0.6 is 0 Å². The third-order valence-corrected chi connectivity index (χ3v) is 2.29. The standard InChI is InChI=1S/C11H17N/c1-5-10-7-8(3)12-9(4)11(10)6-2/h7H,5-6H2,1-4H3. The van der Waals surface area contributed by atoms with Crippen LogP contribution in [0.15, 0.2) is 6.07 Å². The van der Waals surface area contributed by atoms with E-state index >= 15 is 0 Å². The first-order chi connectivity index (χ1) is 5.69. The molecule has 0 saturated carbocycles. The summed E-state index contributed by atoms with van der Waals surface area (Å²) in [5, 5.41) is 0. The molecule has 0 fully saturated rings. The Morgan fingerprint density at radius 2 is 1.83 bits per heavy atom. The lowest BCUT2D eigenvalue weighted by Gasteiger charge is -2.09. The fourth-order valence-electron chi connectivity index (χ4n) is 1.73. The van der Waals surface area contributed by atoms with Gasteiger partial charge in [-0.15, -0.1) is 0 Å². The van der Waals surface area contributed by atoms with Crippen molar-refractivity contribution in [2.75, 3.05) is 0 Å². The highest BCUT2D eigenvalue weighted by Gasteiger charge is 2.03. The topological polar surface area (TPSA) is 12.9 Å². The smallest absolute Gasteiger partial charge is 0.0410 e. The highest BCUT2D eigenvalue weighted by atomic mass is 14.7. The van der Waals surface area contributed by atoms with Crippen LogP contribution in [-0.2, 0) is 12.8 Å². The Kier molecular flexibility index (Phi) is 2.85. The molecule has 1 aromatic rings. The Hall–Kier alpha value is -0.850. The SMILES string of the molecule is CCc1cc(C)nc(C)c1CC. The van der Waals surface area contributed by atoms with Gasteiger partial charge in [0, 0.05) is 11.4 Å². The van der Waals surface area contributed by atoms with Crippen LogP contribution in [0.5, 0.6) is 0 Å². The summed E-state index contributed by atoms with van der Waals surface area (Å²) in [7, 11) is 0. The fourth-order valence-corrected chi connectivity index (χ4v) is 1.73. The molecule has 0 N–H and O–H groups in total. The van der Waals surface area contributed by atoms with E-state index in [9.17, 15) is 0 Å². The molecular weight excluding hydrogens is 146 g/mol. The second-order valence-electron chi connectivity index (χ2n) is 3.19. The second-order valence-corrected chi connectivity index (χ2v) is 3.19. The van der Waals surface area contributed by atoms with Crippen molar-refractivity contribution in [2.45, 2.75) is 40.5 Å². The molecule has 0 aliphatic rings. The molecule has 0 bridgehead atoms. The summed E-state index contributed by atoms with van der Waals surface area (Å²) in [5.41, 5.74) is 5.24. The fraction of sp³-hybridized carbons (Fsp3) is 0.545. The summed E-state index contributed by atoms with van der Waals surface area (Å²) in [4.78, 5) is 4.45. The summed E-state index contributed by atoms with van der Waals surface area (Å²) in [5.74, 6) is 0. The Balaban J connectivity index is 3.24. The minimum Gasteiger partial charge on any atom is -0.258 e. The van der Waals surface area contributed by atoms with Crippen LogP contribution in [0.2, 0.25) is 0 Å². The van der Waals surface area contributed by atoms with E-state index < -0.39 is 0 Å². The lowest BCUT2D eigenvalue weighted by Crippen LogP contribution is -1.99. The van der Waals surface area contributed by atoms with Crippen LogP contribution in [0.25, 0.3) is 0 Å². The Morgan fingerprint density at radius 1 is 1.17 bits per heavy atom. The van der Waals surface area contributed by atoms with E-state index in [0.29, 0.717) is 0 Å². The number of rotatable bonds is 2. The number of nitrogens with zero attached hydrogens (tertiary/aromatic N) is 1. The second kappa shape index (κ2) is 3.70. The van der Waals surface area contributed by atoms with E-state index in [0.717, 1.165) is 18.5 Å². The molecule has 1 nitrogen and oxygen atoms in total. The van der Waals surface area contributed by atoms with Crippen LogP contribution in [0.3, 0.4) is 0 Å². The van der Waals surface area contributed by atoms with Gasteiger partial charge in [-0.05, 0) is 43.9 Å². The van der Waals surface area contributed by atoms with E-state index in [1.54, 1.807) is 0 Å². The first-order valence-electron chi connectivity index (χ1n) is 4.65. The summed E-state index contributed by atoms with van der Waals surface area (Å²) < 4.78 is 0. The average molecular weight is 163 g/mol. The molecule has 0 aliphatic heterocycles. The first kappa shape index (κ1) is 9.24. The maximum absolute atomic E-state index is 4.45. The lowest BCUT2D eigenvalue weighted by atomic mass is 10.0. The molecule has 0 amide bonds. The molecule has 1 aromatic heterocycles. The minimum atomic E-state index is 1.10. The molecular formula is C11H17N. The molecule has 0 unspecified atom stereocenters. The molecule has 1 rings (SSSR count). The van der Waals surface area contributed by atoms with Gasteiger partial charge in [-0.1, -0.05) is 13.8 Å². The van der Waals surface area contributed by atoms with Gasteiger partial charge in [0.15, 0.2) is 0 Å². The van der Waals surface area contributed by atoms with Gasteiger partial charge in [0.1, 0.15) is 0 Å². The quantitative estimate of drug-likeness (QED) is 0.653. The van der Waals surface area contributed by atoms with Crippen molar-refractivity contribution >= 4 is 0 Å². The van der Waals surface area contributed by atoms with E-state index in [1.807, 2.05) is 0 Å². The zero-order chi connectivity index (χ0) is 9.14. The molecule has 0 atom stereocenters. The highest BCUT2D eigenvalue weighted by molar-refractivity contribution is 5.31. The Morgan fingerprint density at radius 3 is 2.33 bits per heavy atom. The van der Waals surface area contributed by atoms with Crippen molar-refractivity contribution in [2.24, 2.45) is 0 Å². The van der Waals surface area contributed by atoms with Crippen LogP contribution in [-0.4, -0.2) is 4.98 Å². The lowest BCUT2D eigenvalue weighted by molar-refractivity contribution is 0.958. The molecule has 12 heavy (non-hydrogen) atoms. The van der Waals surface area contributed by atoms with Crippen molar-refractivity contribution in [1.82, 2.24) is 4.98 Å². The van der Waals surface area contributed by atoms with Gasteiger partial charge in [0.2, 0.25) is 0 Å². The Labute approximate surface area is 74.8 Å². The Bertz CT molecular complexity index is 277. The van der Waals surface area contributed by atoms with Gasteiger partial charge < -0.3 is 0 Å². The highest BCUT2D eigenvalue weighted by Crippen LogP contribution is 2.15. The van der Waals surface area contributed by atoms with Gasteiger partial charge in [0.05, 0.1) is 0 Å². The maximum Gasteiger partial charge on any atom is 0.0410 e. The zero-order valence-corrected chi connectivity index (χ0v) is 8.44. The third-order valence-electron chi connectivity index (χ3n) is 2.29. The van der Waals surface area contributed by atoms with Gasteiger partial charge in [-0.25, -0.2) is 0 Å². The molecule has 0 saturated heterocycles. The molecule has 0 aliphatic carbocycles. The van der Waals surface area contributed by atoms with E-state index in [2.05, 4.69) is 38.7 Å². The van der Waals surface area contributed by atoms with E-state index in [4.69, 9.17) is 0 Å². The van der Waals surface area contributed by atoms with E-state index in [1.165, 1.54) is 16.8 Å². The molecule has 1 heterocycles. The number of pyridine rings is 1. The average Bonchev–Trinajstić information content (AvgIpc) is 2.03. The predicted molar refractivity (Wildman–Crippen MR) is 52.5 cm³/mol. The normalized spacial score (nSPS) is 10.3. The number of aromatic nitrogens is 1. The number of hydrogen-bond acceptors (Lipinski definition) is 1. The van der Waals surface area contributed by atoms with Gasteiger partial charge in [0.25, 0.3) is 0 Å². The summed E-state index contributed by atoms with van der Waals surface area (Å²) >= 11 is 0. The van der Waals surface area contributed by atoms with Crippen LogP contribution in [0.1, 0.15) is 36.4 Å². The largest absolute Gasteiger partial charge is 0.258 e. The summed E-state index contributed by atoms with van der Waals surface area (Å²) in [6.45, 7) is 8.56. The summed E-state index contributed by atoms with van der Waals surface area (Å²) in [6.07, 6.45) is 2.22. The zero-order valence-electron chi connectivity index (χ0n) is 8.44. The predicted octanol–water partition coefficient (Wildman–Crippen LogP) is 2.82. The molecule has 0 spiro atoms. The van der Waals surface area contributed by atoms with Crippen molar-refractivity contribution in [1.29, 1.82) is 0 Å². The first-order valence-corrected chi connectivity index (χ1v) is 4.65. The number of hydrogen-bond donors (Lipinski definition) is 0. The van der Waals surface area contributed by atoms with E-state index in [-0.39, 0.29) is 0 Å². The minimum absolute atomic E-state index is 1.10. The maximum atomic E-state index is 4.45. The van der Waals surface area contributed by atoms with Gasteiger partial charge >= 0.3 is 0 Å². The van der Waals surface area contributed by atoms with Gasteiger partial charge in [-0.2, -0.15) is 0 Å². The van der Waals surface area contributed by atoms with Crippen molar-refractivity contribution in [3.05, 3.63) is 28.6 Å². The van der Waals surface area contributed by atoms with Crippen LogP contribution < -0.4 is 0 Å². The number of aryl methyl sites for hydroxylation is 3. The monoisotopic (exact) mass is 163 g/mol. The summed E-state index contributed by atoms with van der Waals surface area (Å²) in [6, 6.07) is 2.20. The van der Waals surface area contributed by atoms with Gasteiger partial charge in [-0.3, -0.25) is 4.98 Å². The molecule has 0 aromatic carbocycles. The molecule has 66 valence electrons. The third kappa shape index (κ3) is 1.66. The molecule has 0 radical (unpaired) electrons. The molecule has 1 heteroatoms. The van der Waals surface area contributed by atoms with Crippen LogP contribution in [0.4, 0.5) is 0 Å². The van der Waals surface area contributed by atoms with Crippen molar-refractivity contribution < 1.29 is 0 Å². The van der Waals surface area contributed by atoms with Crippen LogP contribution in [0, 0.1) is 13.8 Å².